The van der Waals surface area contributed by atoms with E-state index in [1.165, 1.54) is 19.3 Å². The zero-order valence-electron chi connectivity index (χ0n) is 13.8. The Morgan fingerprint density at radius 2 is 2.00 bits per heavy atom. The van der Waals surface area contributed by atoms with Crippen LogP contribution in [-0.2, 0) is 4.79 Å². The smallest absolute Gasteiger partial charge is 0.323 e. The van der Waals surface area contributed by atoms with Gasteiger partial charge in [-0.05, 0) is 58.5 Å². The van der Waals surface area contributed by atoms with Crippen LogP contribution in [0.2, 0.25) is 0 Å². The minimum absolute atomic E-state index is 0.307. The molecule has 0 saturated heterocycles. The number of carboxylic acids is 1. The van der Waals surface area contributed by atoms with E-state index >= 15 is 0 Å². The highest BCUT2D eigenvalue weighted by Crippen LogP contribution is 2.31. The van der Waals surface area contributed by atoms with Crippen molar-refractivity contribution in [3.05, 3.63) is 0 Å². The molecule has 0 aromatic heterocycles. The maximum atomic E-state index is 11.5. The molecular formula is C16H32N2O2. The molecule has 0 aromatic carbocycles. The molecule has 1 rings (SSSR count). The molecule has 1 saturated carbocycles. The van der Waals surface area contributed by atoms with Crippen molar-refractivity contribution < 1.29 is 9.90 Å². The lowest BCUT2D eigenvalue weighted by molar-refractivity contribution is -0.145. The van der Waals surface area contributed by atoms with E-state index in [0.29, 0.717) is 31.0 Å². The average molecular weight is 284 g/mol. The number of hydrogen-bond donors (Lipinski definition) is 2. The number of carbonyl (C=O) groups is 1. The number of hydrogen-bond acceptors (Lipinski definition) is 3. The van der Waals surface area contributed by atoms with Crippen LogP contribution in [0, 0.1) is 5.92 Å². The van der Waals surface area contributed by atoms with E-state index in [4.69, 9.17) is 0 Å². The van der Waals surface area contributed by atoms with Gasteiger partial charge in [0.2, 0.25) is 0 Å². The van der Waals surface area contributed by atoms with Gasteiger partial charge in [0.15, 0.2) is 0 Å². The van der Waals surface area contributed by atoms with Crippen LogP contribution in [0.5, 0.6) is 0 Å². The zero-order valence-corrected chi connectivity index (χ0v) is 13.8. The molecule has 0 heterocycles. The summed E-state index contributed by atoms with van der Waals surface area (Å²) in [6, 6.07) is 0.991. The van der Waals surface area contributed by atoms with Gasteiger partial charge in [-0.1, -0.05) is 20.8 Å². The number of aliphatic carboxylic acids is 1. The van der Waals surface area contributed by atoms with E-state index in [9.17, 15) is 9.90 Å². The molecule has 118 valence electrons. The molecule has 0 aliphatic heterocycles. The summed E-state index contributed by atoms with van der Waals surface area (Å²) in [4.78, 5) is 14.1. The minimum Gasteiger partial charge on any atom is -0.480 e. The molecule has 2 N–H and O–H groups in total. The molecule has 0 radical (unpaired) electrons. The Bertz CT molecular complexity index is 316. The Morgan fingerprint density at radius 1 is 1.40 bits per heavy atom. The van der Waals surface area contributed by atoms with Gasteiger partial charge in [0, 0.05) is 12.1 Å². The van der Waals surface area contributed by atoms with Crippen molar-refractivity contribution in [2.24, 2.45) is 5.92 Å². The third kappa shape index (κ3) is 5.06. The fourth-order valence-electron chi connectivity index (χ4n) is 2.91. The van der Waals surface area contributed by atoms with Crippen molar-refractivity contribution in [3.63, 3.8) is 0 Å². The number of nitrogens with zero attached hydrogens (tertiary/aromatic N) is 1. The second kappa shape index (κ2) is 7.41. The molecule has 4 nitrogen and oxygen atoms in total. The highest BCUT2D eigenvalue weighted by Gasteiger charge is 2.38. The van der Waals surface area contributed by atoms with E-state index in [1.54, 1.807) is 0 Å². The predicted octanol–water partition coefficient (Wildman–Crippen LogP) is 2.73. The summed E-state index contributed by atoms with van der Waals surface area (Å²) < 4.78 is 0. The van der Waals surface area contributed by atoms with Crippen molar-refractivity contribution in [2.75, 3.05) is 13.1 Å². The largest absolute Gasteiger partial charge is 0.480 e. The Hall–Kier alpha value is -0.610. The molecule has 0 bridgehead atoms. The van der Waals surface area contributed by atoms with Crippen LogP contribution in [0.3, 0.4) is 0 Å². The normalized spacial score (nSPS) is 20.1. The molecule has 0 spiro atoms. The summed E-state index contributed by atoms with van der Waals surface area (Å²) in [6.07, 6.45) is 4.39. The van der Waals surface area contributed by atoms with Crippen LogP contribution < -0.4 is 5.32 Å². The maximum absolute atomic E-state index is 11.5. The lowest BCUT2D eigenvalue weighted by atomic mass is 9.92. The number of rotatable bonds is 10. The maximum Gasteiger partial charge on any atom is 0.323 e. The molecule has 1 aliphatic carbocycles. The lowest BCUT2D eigenvalue weighted by Crippen LogP contribution is -2.53. The average Bonchev–Trinajstić information content (AvgIpc) is 3.13. The first-order valence-corrected chi connectivity index (χ1v) is 8.04. The molecule has 20 heavy (non-hydrogen) atoms. The Morgan fingerprint density at radius 3 is 2.40 bits per heavy atom. The molecule has 1 aliphatic rings. The first-order valence-electron chi connectivity index (χ1n) is 8.04. The molecule has 1 fully saturated rings. The summed E-state index contributed by atoms with van der Waals surface area (Å²) in [6.45, 7) is 12.2. The number of nitrogens with one attached hydrogen (secondary N) is 1. The van der Waals surface area contributed by atoms with Crippen LogP contribution >= 0.6 is 0 Å². The second-order valence-electron chi connectivity index (χ2n) is 6.87. The molecule has 0 aromatic rings. The fourth-order valence-corrected chi connectivity index (χ4v) is 2.91. The summed E-state index contributed by atoms with van der Waals surface area (Å²) >= 11 is 0. The number of carboxylic acid groups (broad SMARTS) is 1. The van der Waals surface area contributed by atoms with Gasteiger partial charge in [0.05, 0.1) is 0 Å². The van der Waals surface area contributed by atoms with Gasteiger partial charge in [0.25, 0.3) is 0 Å². The van der Waals surface area contributed by atoms with E-state index < -0.39 is 11.5 Å². The van der Waals surface area contributed by atoms with Gasteiger partial charge >= 0.3 is 5.97 Å². The standard InChI is InChI=1S/C16H32N2O2/c1-6-17-16(5,15(19)20)11-13(4)18(14-7-8-14)10-9-12(2)3/h12-14,17H,6-11H2,1-5H3,(H,19,20). The van der Waals surface area contributed by atoms with Crippen LogP contribution in [-0.4, -0.2) is 46.7 Å². The lowest BCUT2D eigenvalue weighted by Gasteiger charge is -2.35. The van der Waals surface area contributed by atoms with Crippen molar-refractivity contribution in [1.29, 1.82) is 0 Å². The molecule has 4 heteroatoms. The first kappa shape index (κ1) is 17.4. The highest BCUT2D eigenvalue weighted by atomic mass is 16.4. The SMILES string of the molecule is CCNC(C)(CC(C)N(CCC(C)C)C1CC1)C(=O)O. The Kier molecular flexibility index (Phi) is 6.46. The van der Waals surface area contributed by atoms with Gasteiger partial charge in [0.1, 0.15) is 5.54 Å². The fraction of sp³-hybridized carbons (Fsp3) is 0.938. The van der Waals surface area contributed by atoms with Gasteiger partial charge in [-0.25, -0.2) is 0 Å². The van der Waals surface area contributed by atoms with Gasteiger partial charge in [-0.2, -0.15) is 0 Å². The first-order chi connectivity index (χ1) is 9.30. The second-order valence-corrected chi connectivity index (χ2v) is 6.87. The third-order valence-electron chi connectivity index (χ3n) is 4.29. The molecule has 2 unspecified atom stereocenters. The zero-order chi connectivity index (χ0) is 15.3. The van der Waals surface area contributed by atoms with Crippen LogP contribution in [0.15, 0.2) is 0 Å². The summed E-state index contributed by atoms with van der Waals surface area (Å²) in [5.74, 6) is -0.0473. The topological polar surface area (TPSA) is 52.6 Å². The van der Waals surface area contributed by atoms with Gasteiger partial charge in [-0.3, -0.25) is 9.69 Å². The van der Waals surface area contributed by atoms with Crippen LogP contribution in [0.25, 0.3) is 0 Å². The van der Waals surface area contributed by atoms with Crippen molar-refractivity contribution >= 4 is 5.97 Å². The predicted molar refractivity (Wildman–Crippen MR) is 83.0 cm³/mol. The molecular weight excluding hydrogens is 252 g/mol. The quantitative estimate of drug-likeness (QED) is 0.647. The van der Waals surface area contributed by atoms with E-state index in [-0.39, 0.29) is 0 Å². The number of likely N-dealkylation sites (N-methyl/N-ethyl adjacent to an activating group) is 1. The summed E-state index contributed by atoms with van der Waals surface area (Å²) in [5, 5.41) is 12.6. The summed E-state index contributed by atoms with van der Waals surface area (Å²) in [7, 11) is 0. The summed E-state index contributed by atoms with van der Waals surface area (Å²) in [5.41, 5.74) is -0.820. The Labute approximate surface area is 123 Å². The van der Waals surface area contributed by atoms with Crippen molar-refractivity contribution in [3.8, 4) is 0 Å². The van der Waals surface area contributed by atoms with E-state index in [2.05, 4.69) is 31.0 Å². The molecule has 0 amide bonds. The van der Waals surface area contributed by atoms with E-state index in [1.807, 2.05) is 13.8 Å². The van der Waals surface area contributed by atoms with Crippen molar-refractivity contribution in [2.45, 2.75) is 77.9 Å². The van der Waals surface area contributed by atoms with Crippen LogP contribution in [0.1, 0.15) is 60.3 Å². The monoisotopic (exact) mass is 284 g/mol. The Balaban J connectivity index is 2.64. The van der Waals surface area contributed by atoms with E-state index in [0.717, 1.165) is 6.54 Å². The highest BCUT2D eigenvalue weighted by molar-refractivity contribution is 5.78. The van der Waals surface area contributed by atoms with Gasteiger partial charge in [-0.15, -0.1) is 0 Å². The molecule has 2 atom stereocenters. The third-order valence-corrected chi connectivity index (χ3v) is 4.29. The van der Waals surface area contributed by atoms with Crippen molar-refractivity contribution in [1.82, 2.24) is 10.2 Å². The van der Waals surface area contributed by atoms with Crippen LogP contribution in [0.4, 0.5) is 0 Å². The minimum atomic E-state index is -0.820. The van der Waals surface area contributed by atoms with Gasteiger partial charge < -0.3 is 10.4 Å².